The number of likely N-dealkylation sites (N-methyl/N-ethyl adjacent to an activating group) is 2. The predicted octanol–water partition coefficient (Wildman–Crippen LogP) is 0.134. The molecule has 1 amide bonds. The maximum absolute atomic E-state index is 11.6. The van der Waals surface area contributed by atoms with E-state index in [1.54, 1.807) is 0 Å². The van der Waals surface area contributed by atoms with Crippen LogP contribution in [-0.2, 0) is 4.79 Å². The number of amides is 1. The molecule has 1 atom stereocenters. The highest BCUT2D eigenvalue weighted by Gasteiger charge is 2.17. The molecule has 14 heavy (non-hydrogen) atoms. The average Bonchev–Trinajstić information content (AvgIpc) is 2.04. The summed E-state index contributed by atoms with van der Waals surface area (Å²) in [4.78, 5) is 15.6. The monoisotopic (exact) mass is 201 g/mol. The van der Waals surface area contributed by atoms with Crippen molar-refractivity contribution in [2.24, 2.45) is 5.73 Å². The summed E-state index contributed by atoms with van der Waals surface area (Å²) in [5, 5.41) is 0. The van der Waals surface area contributed by atoms with Gasteiger partial charge in [0.05, 0.1) is 0 Å². The molecule has 0 spiro atoms. The molecule has 0 rings (SSSR count). The maximum Gasteiger partial charge on any atom is 0.224 e. The van der Waals surface area contributed by atoms with E-state index in [1.807, 2.05) is 25.9 Å². The normalized spacial score (nSPS) is 13.0. The molecule has 0 saturated heterocycles. The Labute approximate surface area is 87.0 Å². The summed E-state index contributed by atoms with van der Waals surface area (Å²) in [6.45, 7) is 6.15. The van der Waals surface area contributed by atoms with Gasteiger partial charge in [0.1, 0.15) is 0 Å². The van der Waals surface area contributed by atoms with Crippen LogP contribution < -0.4 is 5.73 Å². The third-order valence-corrected chi connectivity index (χ3v) is 2.18. The van der Waals surface area contributed by atoms with Gasteiger partial charge in [-0.05, 0) is 27.9 Å². The first-order valence-corrected chi connectivity index (χ1v) is 5.17. The fourth-order valence-corrected chi connectivity index (χ4v) is 1.63. The van der Waals surface area contributed by atoms with Crippen molar-refractivity contribution in [2.75, 3.05) is 33.7 Å². The summed E-state index contributed by atoms with van der Waals surface area (Å²) < 4.78 is 0. The van der Waals surface area contributed by atoms with E-state index in [4.69, 9.17) is 5.73 Å². The molecule has 0 aromatic rings. The molecule has 0 aliphatic heterocycles. The van der Waals surface area contributed by atoms with Gasteiger partial charge in [-0.1, -0.05) is 0 Å². The van der Waals surface area contributed by atoms with Gasteiger partial charge in [0.2, 0.25) is 5.91 Å². The van der Waals surface area contributed by atoms with E-state index in [0.29, 0.717) is 13.0 Å². The molecule has 1 unspecified atom stereocenters. The summed E-state index contributed by atoms with van der Waals surface area (Å²) in [6, 6.07) is 0.258. The highest BCUT2D eigenvalue weighted by atomic mass is 16.2. The Balaban J connectivity index is 4.17. The second kappa shape index (κ2) is 6.79. The van der Waals surface area contributed by atoms with Gasteiger partial charge in [-0.2, -0.15) is 0 Å². The number of rotatable bonds is 6. The van der Waals surface area contributed by atoms with Gasteiger partial charge in [0.15, 0.2) is 0 Å². The quantitative estimate of drug-likeness (QED) is 0.665. The highest BCUT2D eigenvalue weighted by Crippen LogP contribution is 2.02. The number of carbonyl (C=O) groups excluding carboxylic acids is 1. The molecular formula is C10H23N3O. The van der Waals surface area contributed by atoms with E-state index < -0.39 is 0 Å². The van der Waals surface area contributed by atoms with Gasteiger partial charge in [0, 0.05) is 32.1 Å². The van der Waals surface area contributed by atoms with Crippen LogP contribution in [0.3, 0.4) is 0 Å². The molecule has 0 radical (unpaired) electrons. The van der Waals surface area contributed by atoms with Crippen LogP contribution in [0.2, 0.25) is 0 Å². The third kappa shape index (κ3) is 4.58. The summed E-state index contributed by atoms with van der Waals surface area (Å²) >= 11 is 0. The first-order valence-electron chi connectivity index (χ1n) is 5.17. The van der Waals surface area contributed by atoms with Crippen LogP contribution in [0.25, 0.3) is 0 Å². The SMILES string of the molecule is CCN(C(=O)CCN)C(C)CN(C)C. The van der Waals surface area contributed by atoms with Crippen LogP contribution in [0, 0.1) is 0 Å². The van der Waals surface area contributed by atoms with E-state index in [-0.39, 0.29) is 11.9 Å². The largest absolute Gasteiger partial charge is 0.339 e. The van der Waals surface area contributed by atoms with Crippen LogP contribution in [0.1, 0.15) is 20.3 Å². The van der Waals surface area contributed by atoms with Crippen molar-refractivity contribution in [1.29, 1.82) is 0 Å². The molecule has 84 valence electrons. The fraction of sp³-hybridized carbons (Fsp3) is 0.900. The lowest BCUT2D eigenvalue weighted by Crippen LogP contribution is -2.44. The lowest BCUT2D eigenvalue weighted by Gasteiger charge is -2.30. The van der Waals surface area contributed by atoms with Gasteiger partial charge in [-0.3, -0.25) is 4.79 Å². The smallest absolute Gasteiger partial charge is 0.224 e. The van der Waals surface area contributed by atoms with Crippen molar-refractivity contribution in [3.63, 3.8) is 0 Å². The zero-order valence-corrected chi connectivity index (χ0v) is 9.79. The van der Waals surface area contributed by atoms with Gasteiger partial charge in [-0.25, -0.2) is 0 Å². The number of nitrogens with zero attached hydrogens (tertiary/aromatic N) is 2. The summed E-state index contributed by atoms with van der Waals surface area (Å²) in [5.41, 5.74) is 5.37. The van der Waals surface area contributed by atoms with Crippen LogP contribution in [0.5, 0.6) is 0 Å². The number of carbonyl (C=O) groups is 1. The molecule has 4 nitrogen and oxygen atoms in total. The van der Waals surface area contributed by atoms with Crippen molar-refractivity contribution in [3.8, 4) is 0 Å². The predicted molar refractivity (Wildman–Crippen MR) is 59.1 cm³/mol. The standard InChI is InChI=1S/C10H23N3O/c1-5-13(10(14)6-7-11)9(2)8-12(3)4/h9H,5-8,11H2,1-4H3. The molecule has 0 heterocycles. The van der Waals surface area contributed by atoms with Crippen molar-refractivity contribution in [3.05, 3.63) is 0 Å². The van der Waals surface area contributed by atoms with E-state index in [0.717, 1.165) is 13.1 Å². The van der Waals surface area contributed by atoms with Gasteiger partial charge in [0.25, 0.3) is 0 Å². The molecule has 0 saturated carbocycles. The minimum Gasteiger partial charge on any atom is -0.339 e. The lowest BCUT2D eigenvalue weighted by molar-refractivity contribution is -0.133. The van der Waals surface area contributed by atoms with Crippen LogP contribution in [0.15, 0.2) is 0 Å². The maximum atomic E-state index is 11.6. The Morgan fingerprint density at radius 2 is 2.00 bits per heavy atom. The second-order valence-electron chi connectivity index (χ2n) is 3.83. The average molecular weight is 201 g/mol. The molecule has 0 aromatic heterocycles. The summed E-state index contributed by atoms with van der Waals surface area (Å²) in [5.74, 6) is 0.157. The van der Waals surface area contributed by atoms with Crippen molar-refractivity contribution in [2.45, 2.75) is 26.3 Å². The third-order valence-electron chi connectivity index (χ3n) is 2.18. The molecule has 0 aliphatic rings. The molecule has 0 bridgehead atoms. The molecule has 0 aliphatic carbocycles. The Hall–Kier alpha value is -0.610. The Bertz CT molecular complexity index is 171. The first-order chi connectivity index (χ1) is 6.52. The highest BCUT2D eigenvalue weighted by molar-refractivity contribution is 5.76. The minimum absolute atomic E-state index is 0.157. The van der Waals surface area contributed by atoms with E-state index in [1.165, 1.54) is 0 Å². The number of hydrogen-bond donors (Lipinski definition) is 1. The van der Waals surface area contributed by atoms with Crippen LogP contribution in [-0.4, -0.2) is 55.5 Å². The van der Waals surface area contributed by atoms with Gasteiger partial charge >= 0.3 is 0 Å². The minimum atomic E-state index is 0.157. The molecule has 0 fully saturated rings. The molecule has 4 heteroatoms. The molecular weight excluding hydrogens is 178 g/mol. The van der Waals surface area contributed by atoms with E-state index in [2.05, 4.69) is 11.8 Å². The fourth-order valence-electron chi connectivity index (χ4n) is 1.63. The van der Waals surface area contributed by atoms with Gasteiger partial charge < -0.3 is 15.5 Å². The Kier molecular flexibility index (Phi) is 6.49. The molecule has 2 N–H and O–H groups in total. The van der Waals surface area contributed by atoms with E-state index >= 15 is 0 Å². The van der Waals surface area contributed by atoms with Crippen molar-refractivity contribution < 1.29 is 4.79 Å². The zero-order chi connectivity index (χ0) is 11.1. The van der Waals surface area contributed by atoms with Crippen molar-refractivity contribution in [1.82, 2.24) is 9.80 Å². The van der Waals surface area contributed by atoms with Gasteiger partial charge in [-0.15, -0.1) is 0 Å². The first kappa shape index (κ1) is 13.4. The zero-order valence-electron chi connectivity index (χ0n) is 9.79. The van der Waals surface area contributed by atoms with Crippen molar-refractivity contribution >= 4 is 5.91 Å². The second-order valence-corrected chi connectivity index (χ2v) is 3.83. The summed E-state index contributed by atoms with van der Waals surface area (Å²) in [7, 11) is 4.02. The Morgan fingerprint density at radius 3 is 2.36 bits per heavy atom. The van der Waals surface area contributed by atoms with E-state index in [9.17, 15) is 4.79 Å². The Morgan fingerprint density at radius 1 is 1.43 bits per heavy atom. The number of nitrogens with two attached hydrogens (primary N) is 1. The van der Waals surface area contributed by atoms with Crippen LogP contribution >= 0.6 is 0 Å². The number of hydrogen-bond acceptors (Lipinski definition) is 3. The van der Waals surface area contributed by atoms with Crippen LogP contribution in [0.4, 0.5) is 0 Å². The molecule has 0 aromatic carbocycles. The summed E-state index contributed by atoms with van der Waals surface area (Å²) in [6.07, 6.45) is 0.450. The topological polar surface area (TPSA) is 49.6 Å². The lowest BCUT2D eigenvalue weighted by atomic mass is 10.2.